The SMILES string of the molecule is CCCCCCP(=O)(CCCCCC)OC. The van der Waals surface area contributed by atoms with Crippen LogP contribution in [0, 0.1) is 0 Å². The van der Waals surface area contributed by atoms with Gasteiger partial charge < -0.3 is 4.52 Å². The second kappa shape index (κ2) is 10.4. The van der Waals surface area contributed by atoms with Crippen molar-refractivity contribution < 1.29 is 9.09 Å². The number of rotatable bonds is 11. The quantitative estimate of drug-likeness (QED) is 0.377. The average Bonchev–Trinajstić information content (AvgIpc) is 2.31. The van der Waals surface area contributed by atoms with E-state index in [2.05, 4.69) is 13.8 Å². The van der Waals surface area contributed by atoms with Gasteiger partial charge in [-0.2, -0.15) is 0 Å². The molecule has 0 aromatic rings. The molecule has 98 valence electrons. The largest absolute Gasteiger partial charge is 0.332 e. The van der Waals surface area contributed by atoms with Crippen LogP contribution in [-0.2, 0) is 9.09 Å². The molecule has 0 spiro atoms. The Morgan fingerprint density at radius 3 is 1.56 bits per heavy atom. The molecular formula is C13H29O2P. The van der Waals surface area contributed by atoms with Gasteiger partial charge in [0.25, 0.3) is 0 Å². The Balaban J connectivity index is 3.69. The highest BCUT2D eigenvalue weighted by Crippen LogP contribution is 2.47. The molecule has 0 N–H and O–H groups in total. The molecule has 3 heteroatoms. The normalized spacial score (nSPS) is 11.9. The highest BCUT2D eigenvalue weighted by Gasteiger charge is 2.19. The van der Waals surface area contributed by atoms with Gasteiger partial charge in [0.05, 0.1) is 0 Å². The van der Waals surface area contributed by atoms with E-state index in [1.807, 2.05) is 0 Å². The van der Waals surface area contributed by atoms with Crippen molar-refractivity contribution in [2.24, 2.45) is 0 Å². The summed E-state index contributed by atoms with van der Waals surface area (Å²) in [6.07, 6.45) is 11.0. The van der Waals surface area contributed by atoms with Gasteiger partial charge in [-0.25, -0.2) is 0 Å². The Morgan fingerprint density at radius 2 is 1.25 bits per heavy atom. The van der Waals surface area contributed by atoms with Gasteiger partial charge >= 0.3 is 0 Å². The third-order valence-electron chi connectivity index (χ3n) is 3.04. The van der Waals surface area contributed by atoms with Crippen LogP contribution in [0.4, 0.5) is 0 Å². The van der Waals surface area contributed by atoms with Crippen molar-refractivity contribution in [1.29, 1.82) is 0 Å². The summed E-state index contributed by atoms with van der Waals surface area (Å²) in [5.41, 5.74) is 0. The summed E-state index contributed by atoms with van der Waals surface area (Å²) in [6.45, 7) is 4.39. The second-order valence-electron chi connectivity index (χ2n) is 4.57. The predicted molar refractivity (Wildman–Crippen MR) is 72.6 cm³/mol. The van der Waals surface area contributed by atoms with Crippen LogP contribution in [0.5, 0.6) is 0 Å². The highest BCUT2D eigenvalue weighted by molar-refractivity contribution is 7.58. The molecule has 0 radical (unpaired) electrons. The molecule has 2 nitrogen and oxygen atoms in total. The van der Waals surface area contributed by atoms with Crippen molar-refractivity contribution >= 4 is 7.37 Å². The van der Waals surface area contributed by atoms with Crippen LogP contribution in [0.25, 0.3) is 0 Å². The molecular weight excluding hydrogens is 219 g/mol. The van der Waals surface area contributed by atoms with Crippen LogP contribution < -0.4 is 0 Å². The maximum Gasteiger partial charge on any atom is 0.202 e. The lowest BCUT2D eigenvalue weighted by atomic mass is 10.2. The highest BCUT2D eigenvalue weighted by atomic mass is 31.2. The van der Waals surface area contributed by atoms with Gasteiger partial charge in [-0.1, -0.05) is 52.4 Å². The van der Waals surface area contributed by atoms with Gasteiger partial charge in [0.2, 0.25) is 7.37 Å². The summed E-state index contributed by atoms with van der Waals surface area (Å²) >= 11 is 0. The summed E-state index contributed by atoms with van der Waals surface area (Å²) in [4.78, 5) is 0. The Labute approximate surface area is 102 Å². The van der Waals surface area contributed by atoms with Crippen molar-refractivity contribution in [2.45, 2.75) is 65.2 Å². The fraction of sp³-hybridized carbons (Fsp3) is 1.00. The fourth-order valence-electron chi connectivity index (χ4n) is 1.85. The number of hydrogen-bond acceptors (Lipinski definition) is 2. The lowest BCUT2D eigenvalue weighted by Crippen LogP contribution is -1.98. The van der Waals surface area contributed by atoms with Crippen molar-refractivity contribution in [3.8, 4) is 0 Å². The summed E-state index contributed by atoms with van der Waals surface area (Å²) in [7, 11) is -0.669. The fourth-order valence-corrected chi connectivity index (χ4v) is 3.85. The third kappa shape index (κ3) is 8.35. The van der Waals surface area contributed by atoms with Crippen LogP contribution in [0.3, 0.4) is 0 Å². The van der Waals surface area contributed by atoms with Crippen LogP contribution in [0.15, 0.2) is 0 Å². The molecule has 16 heavy (non-hydrogen) atoms. The standard InChI is InChI=1S/C13H29O2P/c1-4-6-8-10-12-16(14,15-3)13-11-9-7-5-2/h4-13H2,1-3H3. The molecule has 0 aliphatic rings. The molecule has 0 fully saturated rings. The van der Waals surface area contributed by atoms with Crippen LogP contribution in [0.2, 0.25) is 0 Å². The maximum absolute atomic E-state index is 12.3. The Hall–Kier alpha value is 0.190. The summed E-state index contributed by atoms with van der Waals surface area (Å²) in [5, 5.41) is 0. The van der Waals surface area contributed by atoms with E-state index in [-0.39, 0.29) is 0 Å². The first-order valence-corrected chi connectivity index (χ1v) is 8.82. The third-order valence-corrected chi connectivity index (χ3v) is 5.70. The summed E-state index contributed by atoms with van der Waals surface area (Å²) in [5.74, 6) is 0. The molecule has 0 heterocycles. The Morgan fingerprint density at radius 1 is 0.812 bits per heavy atom. The summed E-state index contributed by atoms with van der Waals surface area (Å²) in [6, 6.07) is 0. The van der Waals surface area contributed by atoms with Gasteiger partial charge in [-0.05, 0) is 12.8 Å². The first-order valence-electron chi connectivity index (χ1n) is 6.82. The minimum absolute atomic E-state index is 0.787. The van der Waals surface area contributed by atoms with Crippen molar-refractivity contribution in [1.82, 2.24) is 0 Å². The Kier molecular flexibility index (Phi) is 10.5. The molecule has 0 unspecified atom stereocenters. The molecule has 0 aliphatic carbocycles. The predicted octanol–water partition coefficient (Wildman–Crippen LogP) is 5.07. The smallest absolute Gasteiger partial charge is 0.202 e. The van der Waals surface area contributed by atoms with E-state index in [1.54, 1.807) is 7.11 Å². The zero-order valence-electron chi connectivity index (χ0n) is 11.3. The molecule has 0 aromatic carbocycles. The van der Waals surface area contributed by atoms with E-state index in [0.29, 0.717) is 0 Å². The van der Waals surface area contributed by atoms with E-state index < -0.39 is 7.37 Å². The zero-order valence-corrected chi connectivity index (χ0v) is 12.2. The minimum atomic E-state index is -2.28. The molecule has 0 aliphatic heterocycles. The first kappa shape index (κ1) is 16.2. The molecule has 0 amide bonds. The molecule has 0 atom stereocenters. The molecule has 0 bridgehead atoms. The van der Waals surface area contributed by atoms with Crippen LogP contribution >= 0.6 is 7.37 Å². The molecule has 0 rings (SSSR count). The lowest BCUT2D eigenvalue weighted by Gasteiger charge is -2.15. The van der Waals surface area contributed by atoms with E-state index in [1.165, 1.54) is 38.5 Å². The van der Waals surface area contributed by atoms with Crippen molar-refractivity contribution in [3.05, 3.63) is 0 Å². The summed E-state index contributed by atoms with van der Waals surface area (Å²) < 4.78 is 17.5. The molecule has 0 saturated carbocycles. The van der Waals surface area contributed by atoms with Gasteiger partial charge in [-0.3, -0.25) is 4.57 Å². The topological polar surface area (TPSA) is 26.3 Å². The second-order valence-corrected chi connectivity index (χ2v) is 7.45. The average molecular weight is 248 g/mol. The van der Waals surface area contributed by atoms with E-state index in [0.717, 1.165) is 25.2 Å². The number of hydrogen-bond donors (Lipinski definition) is 0. The van der Waals surface area contributed by atoms with Crippen LogP contribution in [-0.4, -0.2) is 19.4 Å². The Bertz CT molecular complexity index is 176. The van der Waals surface area contributed by atoms with Gasteiger partial charge in [0, 0.05) is 19.4 Å². The lowest BCUT2D eigenvalue weighted by molar-refractivity contribution is 0.389. The van der Waals surface area contributed by atoms with E-state index in [9.17, 15) is 4.57 Å². The van der Waals surface area contributed by atoms with Crippen LogP contribution in [0.1, 0.15) is 65.2 Å². The van der Waals surface area contributed by atoms with Crippen molar-refractivity contribution in [2.75, 3.05) is 19.4 Å². The monoisotopic (exact) mass is 248 g/mol. The van der Waals surface area contributed by atoms with Gasteiger partial charge in [-0.15, -0.1) is 0 Å². The first-order chi connectivity index (χ1) is 7.68. The maximum atomic E-state index is 12.3. The zero-order chi connectivity index (χ0) is 12.3. The number of unbranched alkanes of at least 4 members (excludes halogenated alkanes) is 6. The van der Waals surface area contributed by atoms with Crippen molar-refractivity contribution in [3.63, 3.8) is 0 Å². The molecule has 0 aromatic heterocycles. The van der Waals surface area contributed by atoms with E-state index in [4.69, 9.17) is 4.52 Å². The van der Waals surface area contributed by atoms with Gasteiger partial charge in [0.15, 0.2) is 0 Å². The van der Waals surface area contributed by atoms with Gasteiger partial charge in [0.1, 0.15) is 0 Å². The molecule has 0 saturated heterocycles. The minimum Gasteiger partial charge on any atom is -0.332 e. The van der Waals surface area contributed by atoms with E-state index >= 15 is 0 Å².